The van der Waals surface area contributed by atoms with Gasteiger partial charge in [0.25, 0.3) is 0 Å². The summed E-state index contributed by atoms with van der Waals surface area (Å²) < 4.78 is 2.05. The van der Waals surface area contributed by atoms with Gasteiger partial charge in [0.2, 0.25) is 0 Å². The van der Waals surface area contributed by atoms with Crippen molar-refractivity contribution in [1.82, 2.24) is 14.5 Å². The zero-order valence-corrected chi connectivity index (χ0v) is 9.95. The number of hydrogen-bond acceptors (Lipinski definition) is 2. The lowest BCUT2D eigenvalue weighted by Crippen LogP contribution is -1.98. The first-order chi connectivity index (χ1) is 8.86. The Balaban J connectivity index is 2.00. The Morgan fingerprint density at radius 1 is 1.17 bits per heavy atom. The average Bonchev–Trinajstić information content (AvgIpc) is 2.82. The van der Waals surface area contributed by atoms with Crippen molar-refractivity contribution in [3.05, 3.63) is 66.6 Å². The van der Waals surface area contributed by atoms with Gasteiger partial charge in [-0.05, 0) is 17.2 Å². The molecule has 0 radical (unpaired) electrons. The molecule has 88 valence electrons. The van der Waals surface area contributed by atoms with Crippen LogP contribution in [0.3, 0.4) is 0 Å². The molecule has 3 heteroatoms. The fourth-order valence-electron chi connectivity index (χ4n) is 1.97. The minimum Gasteiger partial charge on any atom is -0.311 e. The first kappa shape index (κ1) is 10.7. The summed E-state index contributed by atoms with van der Waals surface area (Å²) in [7, 11) is 0. The van der Waals surface area contributed by atoms with Crippen LogP contribution in [-0.4, -0.2) is 14.5 Å². The van der Waals surface area contributed by atoms with Crippen molar-refractivity contribution in [3.63, 3.8) is 0 Å². The van der Waals surface area contributed by atoms with Gasteiger partial charge in [-0.25, -0.2) is 9.97 Å². The van der Waals surface area contributed by atoms with Gasteiger partial charge < -0.3 is 4.57 Å². The Morgan fingerprint density at radius 2 is 2.00 bits per heavy atom. The highest BCUT2D eigenvalue weighted by Gasteiger charge is 2.04. The predicted octanol–water partition coefficient (Wildman–Crippen LogP) is 3.12. The third-order valence-electron chi connectivity index (χ3n) is 2.91. The second-order valence-electron chi connectivity index (χ2n) is 4.17. The fourth-order valence-corrected chi connectivity index (χ4v) is 1.97. The SMILES string of the molecule is C=Cc1cnc2c(c1)ncn2Cc1ccccc1. The summed E-state index contributed by atoms with van der Waals surface area (Å²) in [5.74, 6) is 0. The molecule has 3 rings (SSSR count). The van der Waals surface area contributed by atoms with E-state index in [4.69, 9.17) is 0 Å². The molecule has 0 spiro atoms. The number of fused-ring (bicyclic) bond motifs is 1. The van der Waals surface area contributed by atoms with Crippen molar-refractivity contribution in [1.29, 1.82) is 0 Å². The maximum absolute atomic E-state index is 4.44. The number of hydrogen-bond donors (Lipinski definition) is 0. The topological polar surface area (TPSA) is 30.7 Å². The van der Waals surface area contributed by atoms with E-state index in [1.54, 1.807) is 6.08 Å². The molecule has 2 aromatic heterocycles. The van der Waals surface area contributed by atoms with Crippen LogP contribution in [0.5, 0.6) is 0 Å². The summed E-state index contributed by atoms with van der Waals surface area (Å²) >= 11 is 0. The molecule has 2 heterocycles. The lowest BCUT2D eigenvalue weighted by molar-refractivity contribution is 0.814. The lowest BCUT2D eigenvalue weighted by atomic mass is 10.2. The van der Waals surface area contributed by atoms with Gasteiger partial charge in [0.05, 0.1) is 12.9 Å². The van der Waals surface area contributed by atoms with Gasteiger partial charge in [0, 0.05) is 6.20 Å². The molecule has 0 N–H and O–H groups in total. The Hall–Kier alpha value is -2.42. The largest absolute Gasteiger partial charge is 0.311 e. The van der Waals surface area contributed by atoms with Crippen LogP contribution in [-0.2, 0) is 6.54 Å². The molecule has 0 amide bonds. The van der Waals surface area contributed by atoms with Crippen molar-refractivity contribution in [2.75, 3.05) is 0 Å². The third-order valence-corrected chi connectivity index (χ3v) is 2.91. The molecule has 1 aromatic carbocycles. The first-order valence-corrected chi connectivity index (χ1v) is 5.84. The van der Waals surface area contributed by atoms with Crippen molar-refractivity contribution >= 4 is 17.2 Å². The second-order valence-corrected chi connectivity index (χ2v) is 4.17. The highest BCUT2D eigenvalue weighted by Crippen LogP contribution is 2.14. The van der Waals surface area contributed by atoms with Crippen molar-refractivity contribution < 1.29 is 0 Å². The smallest absolute Gasteiger partial charge is 0.160 e. The van der Waals surface area contributed by atoms with E-state index in [1.807, 2.05) is 36.8 Å². The highest BCUT2D eigenvalue weighted by molar-refractivity contribution is 5.73. The molecule has 0 bridgehead atoms. The van der Waals surface area contributed by atoms with Crippen LogP contribution < -0.4 is 0 Å². The molecule has 0 fully saturated rings. The first-order valence-electron chi connectivity index (χ1n) is 5.84. The number of imidazole rings is 1. The van der Waals surface area contributed by atoms with Gasteiger partial charge in [0.15, 0.2) is 5.65 Å². The quantitative estimate of drug-likeness (QED) is 0.698. The Bertz CT molecular complexity index is 683. The van der Waals surface area contributed by atoms with Crippen molar-refractivity contribution in [2.45, 2.75) is 6.54 Å². The predicted molar refractivity (Wildman–Crippen MR) is 73.2 cm³/mol. The van der Waals surface area contributed by atoms with E-state index < -0.39 is 0 Å². The van der Waals surface area contributed by atoms with Gasteiger partial charge in [-0.2, -0.15) is 0 Å². The van der Waals surface area contributed by atoms with E-state index in [0.29, 0.717) is 0 Å². The van der Waals surface area contributed by atoms with Gasteiger partial charge >= 0.3 is 0 Å². The van der Waals surface area contributed by atoms with Gasteiger partial charge in [-0.1, -0.05) is 43.0 Å². The molecule has 0 aliphatic carbocycles. The molecule has 3 nitrogen and oxygen atoms in total. The van der Waals surface area contributed by atoms with Crippen molar-refractivity contribution in [2.24, 2.45) is 0 Å². The van der Waals surface area contributed by atoms with E-state index in [1.165, 1.54) is 5.56 Å². The minimum atomic E-state index is 0.789. The Morgan fingerprint density at radius 3 is 2.78 bits per heavy atom. The van der Waals surface area contributed by atoms with Crippen LogP contribution >= 0.6 is 0 Å². The van der Waals surface area contributed by atoms with E-state index in [2.05, 4.69) is 33.2 Å². The van der Waals surface area contributed by atoms with Gasteiger partial charge in [-0.3, -0.25) is 0 Å². The number of nitrogens with zero attached hydrogens (tertiary/aromatic N) is 3. The molecular weight excluding hydrogens is 222 g/mol. The van der Waals surface area contributed by atoms with E-state index >= 15 is 0 Å². The normalized spacial score (nSPS) is 10.7. The van der Waals surface area contributed by atoms with E-state index in [0.717, 1.165) is 23.3 Å². The second kappa shape index (κ2) is 4.45. The molecule has 0 atom stereocenters. The number of benzene rings is 1. The maximum atomic E-state index is 4.44. The van der Waals surface area contributed by atoms with Crippen LogP contribution in [0, 0.1) is 0 Å². The average molecular weight is 235 g/mol. The molecule has 0 saturated carbocycles. The number of pyridine rings is 1. The van der Waals surface area contributed by atoms with Crippen LogP contribution in [0.1, 0.15) is 11.1 Å². The standard InChI is InChI=1S/C15H13N3/c1-2-12-8-14-15(16-9-12)18(11-17-14)10-13-6-4-3-5-7-13/h2-9,11H,1,10H2. The number of rotatable bonds is 3. The number of aromatic nitrogens is 3. The van der Waals surface area contributed by atoms with Crippen molar-refractivity contribution in [3.8, 4) is 0 Å². The molecule has 0 aliphatic rings. The van der Waals surface area contributed by atoms with Crippen LogP contribution in [0.15, 0.2) is 55.5 Å². The third kappa shape index (κ3) is 1.91. The molecule has 0 aliphatic heterocycles. The zero-order valence-electron chi connectivity index (χ0n) is 9.95. The zero-order chi connectivity index (χ0) is 12.4. The summed E-state index contributed by atoms with van der Waals surface area (Å²) in [6.07, 6.45) is 5.43. The van der Waals surface area contributed by atoms with E-state index in [-0.39, 0.29) is 0 Å². The van der Waals surface area contributed by atoms with Crippen LogP contribution in [0.25, 0.3) is 17.2 Å². The lowest BCUT2D eigenvalue weighted by Gasteiger charge is -2.03. The fraction of sp³-hybridized carbons (Fsp3) is 0.0667. The van der Waals surface area contributed by atoms with Crippen LogP contribution in [0.4, 0.5) is 0 Å². The highest BCUT2D eigenvalue weighted by atomic mass is 15.1. The van der Waals surface area contributed by atoms with E-state index in [9.17, 15) is 0 Å². The molecule has 3 aromatic rings. The van der Waals surface area contributed by atoms with Gasteiger partial charge in [-0.15, -0.1) is 0 Å². The Labute approximate surface area is 105 Å². The monoisotopic (exact) mass is 235 g/mol. The Kier molecular flexibility index (Phi) is 2.65. The summed E-state index contributed by atoms with van der Waals surface area (Å²) in [5, 5.41) is 0. The maximum Gasteiger partial charge on any atom is 0.160 e. The summed E-state index contributed by atoms with van der Waals surface area (Å²) in [6, 6.07) is 12.3. The van der Waals surface area contributed by atoms with Crippen LogP contribution in [0.2, 0.25) is 0 Å². The minimum absolute atomic E-state index is 0.789. The molecule has 0 unspecified atom stereocenters. The summed E-state index contributed by atoms with van der Waals surface area (Å²) in [4.78, 5) is 8.81. The molecular formula is C15H13N3. The molecule has 0 saturated heterocycles. The molecule has 18 heavy (non-hydrogen) atoms. The van der Waals surface area contributed by atoms with Gasteiger partial charge in [0.1, 0.15) is 5.52 Å². The summed E-state index contributed by atoms with van der Waals surface area (Å²) in [5.41, 5.74) is 4.05. The summed E-state index contributed by atoms with van der Waals surface area (Å²) in [6.45, 7) is 4.53.